The molecule has 4 heteroatoms. The van der Waals surface area contributed by atoms with E-state index in [0.29, 0.717) is 11.3 Å². The van der Waals surface area contributed by atoms with Crippen LogP contribution in [0.15, 0.2) is 84.6 Å². The number of anilines is 1. The van der Waals surface area contributed by atoms with Crippen molar-refractivity contribution in [2.75, 3.05) is 5.32 Å². The zero-order valence-corrected chi connectivity index (χ0v) is 16.5. The summed E-state index contributed by atoms with van der Waals surface area (Å²) in [6.45, 7) is 4.22. The molecule has 4 rings (SSSR count). The molecule has 0 aliphatic carbocycles. The lowest BCUT2D eigenvalue weighted by atomic mass is 10.0. The summed E-state index contributed by atoms with van der Waals surface area (Å²) in [7, 11) is 0. The van der Waals surface area contributed by atoms with Gasteiger partial charge < -0.3 is 5.32 Å². The van der Waals surface area contributed by atoms with Crippen LogP contribution in [0.5, 0.6) is 0 Å². The summed E-state index contributed by atoms with van der Waals surface area (Å²) in [5.74, 6) is -0.587. The predicted octanol–water partition coefficient (Wildman–Crippen LogP) is 4.70. The molecule has 0 aromatic heterocycles. The van der Waals surface area contributed by atoms with Crippen LogP contribution in [0.25, 0.3) is 5.57 Å². The molecule has 0 saturated carbocycles. The minimum absolute atomic E-state index is 0.243. The predicted molar refractivity (Wildman–Crippen MR) is 115 cm³/mol. The van der Waals surface area contributed by atoms with E-state index < -0.39 is 0 Å². The van der Waals surface area contributed by atoms with E-state index >= 15 is 0 Å². The fourth-order valence-electron chi connectivity index (χ4n) is 3.48. The van der Waals surface area contributed by atoms with Crippen molar-refractivity contribution < 1.29 is 9.59 Å². The molecule has 0 spiro atoms. The number of hydrogen-bond donors (Lipinski definition) is 1. The lowest BCUT2D eigenvalue weighted by Gasteiger charge is -2.16. The molecule has 144 valence electrons. The van der Waals surface area contributed by atoms with Crippen LogP contribution in [0.3, 0.4) is 0 Å². The van der Waals surface area contributed by atoms with E-state index in [2.05, 4.69) is 5.32 Å². The van der Waals surface area contributed by atoms with Gasteiger partial charge in [0.2, 0.25) is 0 Å². The number of aryl methyl sites for hydroxylation is 2. The molecule has 1 N–H and O–H groups in total. The smallest absolute Gasteiger partial charge is 0.278 e. The summed E-state index contributed by atoms with van der Waals surface area (Å²) >= 11 is 0. The van der Waals surface area contributed by atoms with Gasteiger partial charge in [0.1, 0.15) is 5.70 Å². The van der Waals surface area contributed by atoms with Gasteiger partial charge in [-0.2, -0.15) is 0 Å². The van der Waals surface area contributed by atoms with Gasteiger partial charge in [0, 0.05) is 5.69 Å². The Morgan fingerprint density at radius 1 is 0.793 bits per heavy atom. The number of hydrogen-bond acceptors (Lipinski definition) is 3. The Kier molecular flexibility index (Phi) is 5.00. The standard InChI is InChI=1S/C25H22N2O2/c1-17-13-14-18(2)21(15-17)26-23-22(20-11-7-4-8-12-20)24(28)27(25(23)29)16-19-9-5-3-6-10-19/h3-15,26H,16H2,1-2H3. The maximum atomic E-state index is 13.3. The highest BCUT2D eigenvalue weighted by atomic mass is 16.2. The van der Waals surface area contributed by atoms with Crippen LogP contribution in [0.1, 0.15) is 22.3 Å². The SMILES string of the molecule is Cc1ccc(C)c(NC2=C(c3ccccc3)C(=O)N(Cc3ccccc3)C2=O)c1. The van der Waals surface area contributed by atoms with Crippen molar-refractivity contribution in [1.82, 2.24) is 4.90 Å². The Bertz CT molecular complexity index is 1100. The maximum absolute atomic E-state index is 13.3. The molecule has 1 aliphatic rings. The molecular formula is C25H22N2O2. The van der Waals surface area contributed by atoms with E-state index in [1.165, 1.54) is 4.90 Å². The molecule has 0 bridgehead atoms. The molecule has 1 heterocycles. The van der Waals surface area contributed by atoms with Crippen LogP contribution in [0.4, 0.5) is 5.69 Å². The zero-order valence-electron chi connectivity index (χ0n) is 16.5. The van der Waals surface area contributed by atoms with Crippen LogP contribution in [-0.4, -0.2) is 16.7 Å². The van der Waals surface area contributed by atoms with Gasteiger partial charge >= 0.3 is 0 Å². The molecule has 0 fully saturated rings. The van der Waals surface area contributed by atoms with E-state index in [4.69, 9.17) is 0 Å². The highest BCUT2D eigenvalue weighted by Crippen LogP contribution is 2.32. The van der Waals surface area contributed by atoms with Gasteiger partial charge in [-0.1, -0.05) is 72.8 Å². The first kappa shape index (κ1) is 18.7. The third kappa shape index (κ3) is 3.69. The number of imide groups is 1. The number of nitrogens with one attached hydrogen (secondary N) is 1. The monoisotopic (exact) mass is 382 g/mol. The summed E-state index contributed by atoms with van der Waals surface area (Å²) in [5, 5.41) is 3.26. The van der Waals surface area contributed by atoms with E-state index in [-0.39, 0.29) is 18.4 Å². The van der Waals surface area contributed by atoms with Gasteiger partial charge in [-0.05, 0) is 42.2 Å². The third-order valence-corrected chi connectivity index (χ3v) is 5.07. The Hall–Kier alpha value is -3.66. The van der Waals surface area contributed by atoms with Crippen molar-refractivity contribution in [2.24, 2.45) is 0 Å². The van der Waals surface area contributed by atoms with Gasteiger partial charge in [-0.25, -0.2) is 0 Å². The van der Waals surface area contributed by atoms with Crippen LogP contribution in [-0.2, 0) is 16.1 Å². The molecule has 4 nitrogen and oxygen atoms in total. The third-order valence-electron chi connectivity index (χ3n) is 5.07. The van der Waals surface area contributed by atoms with Crippen molar-refractivity contribution in [1.29, 1.82) is 0 Å². The second kappa shape index (κ2) is 7.76. The minimum Gasteiger partial charge on any atom is -0.350 e. The molecule has 2 amide bonds. The fraction of sp³-hybridized carbons (Fsp3) is 0.120. The minimum atomic E-state index is -0.307. The lowest BCUT2D eigenvalue weighted by Crippen LogP contribution is -2.32. The molecule has 0 radical (unpaired) electrons. The molecule has 0 saturated heterocycles. The first-order valence-corrected chi connectivity index (χ1v) is 9.58. The lowest BCUT2D eigenvalue weighted by molar-refractivity contribution is -0.137. The molecule has 3 aromatic carbocycles. The maximum Gasteiger partial charge on any atom is 0.278 e. The second-order valence-corrected chi connectivity index (χ2v) is 7.24. The number of carbonyl (C=O) groups excluding carboxylic acids is 2. The normalized spacial score (nSPS) is 13.9. The molecule has 29 heavy (non-hydrogen) atoms. The zero-order chi connectivity index (χ0) is 20.4. The van der Waals surface area contributed by atoms with E-state index in [1.54, 1.807) is 0 Å². The largest absolute Gasteiger partial charge is 0.350 e. The molecular weight excluding hydrogens is 360 g/mol. The van der Waals surface area contributed by atoms with Crippen LogP contribution < -0.4 is 5.32 Å². The number of carbonyl (C=O) groups is 2. The Balaban J connectivity index is 1.76. The first-order chi connectivity index (χ1) is 14.0. The summed E-state index contributed by atoms with van der Waals surface area (Å²) in [4.78, 5) is 27.9. The first-order valence-electron chi connectivity index (χ1n) is 9.58. The van der Waals surface area contributed by atoms with Crippen molar-refractivity contribution >= 4 is 23.1 Å². The van der Waals surface area contributed by atoms with E-state index in [1.807, 2.05) is 92.7 Å². The topological polar surface area (TPSA) is 49.4 Å². The number of benzene rings is 3. The Morgan fingerprint density at radius 3 is 2.14 bits per heavy atom. The van der Waals surface area contributed by atoms with Crippen LogP contribution in [0, 0.1) is 13.8 Å². The number of amides is 2. The van der Waals surface area contributed by atoms with Gasteiger partial charge in [-0.3, -0.25) is 14.5 Å². The number of rotatable bonds is 5. The Labute approximate surface area is 170 Å². The highest BCUT2D eigenvalue weighted by Gasteiger charge is 2.39. The summed E-state index contributed by atoms with van der Waals surface area (Å²) < 4.78 is 0. The van der Waals surface area contributed by atoms with Crippen molar-refractivity contribution in [3.63, 3.8) is 0 Å². The average Bonchev–Trinajstić information content (AvgIpc) is 2.96. The summed E-state index contributed by atoms with van der Waals surface area (Å²) in [5.41, 5.74) is 5.30. The second-order valence-electron chi connectivity index (χ2n) is 7.24. The summed E-state index contributed by atoms with van der Waals surface area (Å²) in [6.07, 6.45) is 0. The molecule has 3 aromatic rings. The number of nitrogens with zero attached hydrogens (tertiary/aromatic N) is 1. The van der Waals surface area contributed by atoms with E-state index in [9.17, 15) is 9.59 Å². The van der Waals surface area contributed by atoms with Crippen molar-refractivity contribution in [2.45, 2.75) is 20.4 Å². The molecule has 1 aliphatic heterocycles. The highest BCUT2D eigenvalue weighted by molar-refractivity contribution is 6.36. The van der Waals surface area contributed by atoms with Crippen molar-refractivity contribution in [3.8, 4) is 0 Å². The molecule has 0 atom stereocenters. The van der Waals surface area contributed by atoms with Gasteiger partial charge in [0.15, 0.2) is 0 Å². The van der Waals surface area contributed by atoms with Gasteiger partial charge in [0.25, 0.3) is 11.8 Å². The summed E-state index contributed by atoms with van der Waals surface area (Å²) in [6, 6.07) is 24.9. The van der Waals surface area contributed by atoms with Crippen LogP contribution >= 0.6 is 0 Å². The van der Waals surface area contributed by atoms with Gasteiger partial charge in [-0.15, -0.1) is 0 Å². The van der Waals surface area contributed by atoms with Gasteiger partial charge in [0.05, 0.1) is 12.1 Å². The average molecular weight is 382 g/mol. The molecule has 0 unspecified atom stereocenters. The Morgan fingerprint density at radius 2 is 1.45 bits per heavy atom. The van der Waals surface area contributed by atoms with Crippen molar-refractivity contribution in [3.05, 3.63) is 107 Å². The van der Waals surface area contributed by atoms with Crippen LogP contribution in [0.2, 0.25) is 0 Å². The van der Waals surface area contributed by atoms with E-state index in [0.717, 1.165) is 27.9 Å². The fourth-order valence-corrected chi connectivity index (χ4v) is 3.48. The quantitative estimate of drug-likeness (QED) is 0.651.